The molecule has 2 aromatic rings. The molecule has 1 amide bonds. The van der Waals surface area contributed by atoms with E-state index in [9.17, 15) is 27.5 Å². The van der Waals surface area contributed by atoms with E-state index in [1.807, 2.05) is 0 Å². The van der Waals surface area contributed by atoms with Crippen molar-refractivity contribution >= 4 is 5.91 Å². The Hall–Kier alpha value is -2.49. The highest BCUT2D eigenvalue weighted by molar-refractivity contribution is 5.96. The number of hydrogen-bond acceptors (Lipinski definition) is 4. The molecular weight excluding hydrogens is 332 g/mol. The third kappa shape index (κ3) is 2.84. The molecule has 0 aliphatic carbocycles. The van der Waals surface area contributed by atoms with Crippen LogP contribution in [0.15, 0.2) is 24.4 Å². The van der Waals surface area contributed by atoms with Gasteiger partial charge in [0.1, 0.15) is 17.1 Å². The van der Waals surface area contributed by atoms with Gasteiger partial charge >= 0.3 is 6.18 Å². The number of β-amino-alcohol motifs (C(OH)–C–C–N with tert-alkyl or cyclic N) is 1. The molecule has 24 heavy (non-hydrogen) atoms. The van der Waals surface area contributed by atoms with Crippen LogP contribution in [-0.4, -0.2) is 44.4 Å². The quantitative estimate of drug-likeness (QED) is 0.813. The van der Waals surface area contributed by atoms with Crippen LogP contribution in [0.1, 0.15) is 28.0 Å². The molecule has 1 saturated heterocycles. The number of alkyl halides is 3. The molecular formula is C14H12F4N4O2. The van der Waals surface area contributed by atoms with Crippen molar-refractivity contribution in [3.8, 4) is 0 Å². The standard InChI is InChI=1S/C14H12F4N4O2/c15-8-1-2-9(10(5-8)14(16,17)18)12(23)22-4-3-13(24,7-22)11-6-19-21-20-11/h1-2,5-6,24H,3-4,7H2,(H,19,20,21). The Bertz CT molecular complexity index is 763. The molecule has 0 radical (unpaired) electrons. The van der Waals surface area contributed by atoms with Crippen molar-refractivity contribution in [3.63, 3.8) is 0 Å². The Morgan fingerprint density at radius 3 is 2.75 bits per heavy atom. The molecule has 2 heterocycles. The average Bonchev–Trinajstić information content (AvgIpc) is 3.16. The number of H-pyrrole nitrogens is 1. The molecule has 1 fully saturated rings. The fraction of sp³-hybridized carbons (Fsp3) is 0.357. The summed E-state index contributed by atoms with van der Waals surface area (Å²) in [5.41, 5.74) is -3.29. The maximum Gasteiger partial charge on any atom is 0.417 e. The molecule has 3 rings (SSSR count). The van der Waals surface area contributed by atoms with E-state index in [0.29, 0.717) is 0 Å². The summed E-state index contributed by atoms with van der Waals surface area (Å²) in [5.74, 6) is -2.01. The Morgan fingerprint density at radius 2 is 2.12 bits per heavy atom. The van der Waals surface area contributed by atoms with Crippen LogP contribution in [0.2, 0.25) is 0 Å². The van der Waals surface area contributed by atoms with E-state index < -0.39 is 34.6 Å². The number of amides is 1. The maximum atomic E-state index is 13.1. The van der Waals surface area contributed by atoms with E-state index in [0.717, 1.165) is 17.0 Å². The number of nitrogens with one attached hydrogen (secondary N) is 1. The highest BCUT2D eigenvalue weighted by Gasteiger charge is 2.43. The second-order valence-electron chi connectivity index (χ2n) is 5.55. The van der Waals surface area contributed by atoms with Gasteiger partial charge in [-0.3, -0.25) is 4.79 Å². The van der Waals surface area contributed by atoms with Crippen molar-refractivity contribution in [1.29, 1.82) is 0 Å². The minimum atomic E-state index is -4.87. The maximum absolute atomic E-state index is 13.1. The zero-order valence-corrected chi connectivity index (χ0v) is 12.1. The van der Waals surface area contributed by atoms with Crippen LogP contribution < -0.4 is 0 Å². The van der Waals surface area contributed by atoms with Gasteiger partial charge in [-0.15, -0.1) is 0 Å². The molecule has 128 valence electrons. The largest absolute Gasteiger partial charge is 0.417 e. The molecule has 0 bridgehead atoms. The summed E-state index contributed by atoms with van der Waals surface area (Å²) in [7, 11) is 0. The minimum absolute atomic E-state index is 0.0386. The number of benzene rings is 1. The number of carbonyl (C=O) groups is 1. The predicted molar refractivity (Wildman–Crippen MR) is 72.2 cm³/mol. The molecule has 1 aliphatic heterocycles. The topological polar surface area (TPSA) is 82.1 Å². The lowest BCUT2D eigenvalue weighted by Gasteiger charge is -2.22. The lowest BCUT2D eigenvalue weighted by Crippen LogP contribution is -2.35. The van der Waals surface area contributed by atoms with E-state index in [1.54, 1.807) is 0 Å². The summed E-state index contributed by atoms with van der Waals surface area (Å²) in [6.07, 6.45) is -3.48. The third-order valence-electron chi connectivity index (χ3n) is 3.94. The number of likely N-dealkylation sites (tertiary alicyclic amines) is 1. The molecule has 0 saturated carbocycles. The number of aromatic amines is 1. The van der Waals surface area contributed by atoms with Gasteiger partial charge in [0.15, 0.2) is 0 Å². The Balaban J connectivity index is 1.89. The monoisotopic (exact) mass is 344 g/mol. The molecule has 1 unspecified atom stereocenters. The molecule has 0 spiro atoms. The lowest BCUT2D eigenvalue weighted by molar-refractivity contribution is -0.138. The number of aromatic nitrogens is 3. The van der Waals surface area contributed by atoms with E-state index in [2.05, 4.69) is 15.4 Å². The van der Waals surface area contributed by atoms with Gasteiger partial charge in [0.25, 0.3) is 5.91 Å². The van der Waals surface area contributed by atoms with E-state index in [4.69, 9.17) is 0 Å². The summed E-state index contributed by atoms with van der Waals surface area (Å²) in [6, 6.07) is 1.88. The average molecular weight is 344 g/mol. The zero-order chi connectivity index (χ0) is 17.5. The number of nitrogens with zero attached hydrogens (tertiary/aromatic N) is 3. The van der Waals surface area contributed by atoms with Crippen LogP contribution >= 0.6 is 0 Å². The zero-order valence-electron chi connectivity index (χ0n) is 12.1. The van der Waals surface area contributed by atoms with Crippen molar-refractivity contribution < 1.29 is 27.5 Å². The van der Waals surface area contributed by atoms with Crippen molar-refractivity contribution in [2.45, 2.75) is 18.2 Å². The van der Waals surface area contributed by atoms with E-state index >= 15 is 0 Å². The number of carbonyl (C=O) groups excluding carboxylic acids is 1. The SMILES string of the molecule is O=C(c1ccc(F)cc1C(F)(F)F)N1CCC(O)(c2cn[nH]n2)C1. The van der Waals surface area contributed by atoms with Crippen LogP contribution in [0.25, 0.3) is 0 Å². The molecule has 1 aromatic carbocycles. The summed E-state index contributed by atoms with van der Waals surface area (Å²) >= 11 is 0. The molecule has 1 aromatic heterocycles. The van der Waals surface area contributed by atoms with Crippen molar-refractivity contribution in [1.82, 2.24) is 20.3 Å². The molecule has 10 heteroatoms. The summed E-state index contributed by atoms with van der Waals surface area (Å²) in [4.78, 5) is 13.5. The first-order valence-electron chi connectivity index (χ1n) is 6.95. The fourth-order valence-electron chi connectivity index (χ4n) is 2.71. The van der Waals surface area contributed by atoms with Crippen LogP contribution in [-0.2, 0) is 11.8 Å². The van der Waals surface area contributed by atoms with Crippen LogP contribution in [0.5, 0.6) is 0 Å². The van der Waals surface area contributed by atoms with E-state index in [1.165, 1.54) is 6.20 Å². The van der Waals surface area contributed by atoms with Gasteiger partial charge in [-0.05, 0) is 18.2 Å². The van der Waals surface area contributed by atoms with Gasteiger partial charge in [-0.2, -0.15) is 28.6 Å². The van der Waals surface area contributed by atoms with Gasteiger partial charge in [-0.1, -0.05) is 0 Å². The van der Waals surface area contributed by atoms with Gasteiger partial charge in [0.2, 0.25) is 0 Å². The summed E-state index contributed by atoms with van der Waals surface area (Å²) in [6.45, 7) is -0.191. The van der Waals surface area contributed by atoms with Crippen LogP contribution in [0.3, 0.4) is 0 Å². The first-order chi connectivity index (χ1) is 11.2. The van der Waals surface area contributed by atoms with Crippen LogP contribution in [0, 0.1) is 5.82 Å². The summed E-state index contributed by atoms with van der Waals surface area (Å²) in [5, 5.41) is 20.1. The number of rotatable bonds is 2. The van der Waals surface area contributed by atoms with E-state index in [-0.39, 0.29) is 31.3 Å². The Kier molecular flexibility index (Phi) is 3.78. The van der Waals surface area contributed by atoms with Gasteiger partial charge in [0, 0.05) is 13.0 Å². The summed E-state index contributed by atoms with van der Waals surface area (Å²) < 4.78 is 52.3. The number of aliphatic hydroxyl groups is 1. The van der Waals surface area contributed by atoms with Crippen molar-refractivity contribution in [2.75, 3.05) is 13.1 Å². The third-order valence-corrected chi connectivity index (χ3v) is 3.94. The van der Waals surface area contributed by atoms with Crippen LogP contribution in [0.4, 0.5) is 17.6 Å². The molecule has 1 aliphatic rings. The molecule has 2 N–H and O–H groups in total. The van der Waals surface area contributed by atoms with Crippen molar-refractivity contribution in [2.24, 2.45) is 0 Å². The fourth-order valence-corrected chi connectivity index (χ4v) is 2.71. The predicted octanol–water partition coefficient (Wildman–Crippen LogP) is 1.70. The number of halogens is 4. The Morgan fingerprint density at radius 1 is 1.38 bits per heavy atom. The van der Waals surface area contributed by atoms with Gasteiger partial charge in [0.05, 0.1) is 23.9 Å². The highest BCUT2D eigenvalue weighted by atomic mass is 19.4. The van der Waals surface area contributed by atoms with Crippen molar-refractivity contribution in [3.05, 3.63) is 47.0 Å². The normalized spacial score (nSPS) is 21.3. The highest BCUT2D eigenvalue weighted by Crippen LogP contribution is 2.35. The molecule has 6 nitrogen and oxygen atoms in total. The Labute approximate surface area is 133 Å². The minimum Gasteiger partial charge on any atom is -0.381 e. The van der Waals surface area contributed by atoms with Gasteiger partial charge < -0.3 is 10.0 Å². The smallest absolute Gasteiger partial charge is 0.381 e. The second-order valence-corrected chi connectivity index (χ2v) is 5.55. The lowest BCUT2D eigenvalue weighted by atomic mass is 10.00. The first-order valence-corrected chi connectivity index (χ1v) is 6.95. The first kappa shape index (κ1) is 16.4. The van der Waals surface area contributed by atoms with Gasteiger partial charge in [-0.25, -0.2) is 4.39 Å². The second kappa shape index (κ2) is 5.55. The number of hydrogen-bond donors (Lipinski definition) is 2. The molecule has 1 atom stereocenters.